The second-order valence-electron chi connectivity index (χ2n) is 8.36. The lowest BCUT2D eigenvalue weighted by molar-refractivity contribution is -0.134. The van der Waals surface area contributed by atoms with Gasteiger partial charge in [0.1, 0.15) is 5.54 Å². The number of hydrogen-bond donors (Lipinski definition) is 1. The Morgan fingerprint density at radius 3 is 2.14 bits per heavy atom. The third kappa shape index (κ3) is 2.88. The van der Waals surface area contributed by atoms with Crippen molar-refractivity contribution in [3.63, 3.8) is 0 Å². The summed E-state index contributed by atoms with van der Waals surface area (Å²) in [5.74, 6) is -0.122. The van der Waals surface area contributed by atoms with Gasteiger partial charge in [0.25, 0.3) is 5.91 Å². The first-order valence-electron chi connectivity index (χ1n) is 7.69. The van der Waals surface area contributed by atoms with Crippen molar-refractivity contribution in [2.45, 2.75) is 83.3 Å². The highest BCUT2D eigenvalue weighted by Gasteiger charge is 2.51. The Kier molecular flexibility index (Phi) is 3.78. The van der Waals surface area contributed by atoms with Gasteiger partial charge >= 0.3 is 6.03 Å². The highest BCUT2D eigenvalue weighted by molar-refractivity contribution is 6.74. The van der Waals surface area contributed by atoms with Gasteiger partial charge in [-0.05, 0) is 44.8 Å². The first kappa shape index (κ1) is 16.5. The summed E-state index contributed by atoms with van der Waals surface area (Å²) < 4.78 is 6.32. The molecule has 5 nitrogen and oxygen atoms in total. The Morgan fingerprint density at radius 1 is 1.24 bits per heavy atom. The van der Waals surface area contributed by atoms with Crippen molar-refractivity contribution < 1.29 is 14.0 Å². The fourth-order valence-corrected chi connectivity index (χ4v) is 3.92. The highest BCUT2D eigenvalue weighted by atomic mass is 28.4. The van der Waals surface area contributed by atoms with Gasteiger partial charge in [0, 0.05) is 12.1 Å². The molecule has 2 rings (SSSR count). The largest absolute Gasteiger partial charge is 0.414 e. The summed E-state index contributed by atoms with van der Waals surface area (Å²) in [6.07, 6.45) is 1.71. The Labute approximate surface area is 128 Å². The maximum Gasteiger partial charge on any atom is 0.325 e. The predicted molar refractivity (Wildman–Crippen MR) is 84.5 cm³/mol. The van der Waals surface area contributed by atoms with Crippen LogP contribution in [-0.2, 0) is 9.22 Å². The molecule has 2 aliphatic rings. The van der Waals surface area contributed by atoms with E-state index in [4.69, 9.17) is 4.43 Å². The predicted octanol–water partition coefficient (Wildman–Crippen LogP) is 2.87. The summed E-state index contributed by atoms with van der Waals surface area (Å²) >= 11 is 0. The fourth-order valence-electron chi connectivity index (χ4n) is 2.54. The first-order valence-corrected chi connectivity index (χ1v) is 10.6. The minimum Gasteiger partial charge on any atom is -0.414 e. The van der Waals surface area contributed by atoms with Crippen LogP contribution in [0.5, 0.6) is 0 Å². The van der Waals surface area contributed by atoms with Crippen LogP contribution < -0.4 is 5.32 Å². The van der Waals surface area contributed by atoms with Gasteiger partial charge in [0.2, 0.25) is 0 Å². The average molecular weight is 312 g/mol. The maximum absolute atomic E-state index is 12.2. The number of amides is 3. The molecule has 0 bridgehead atoms. The highest BCUT2D eigenvalue weighted by Crippen LogP contribution is 2.41. The lowest BCUT2D eigenvalue weighted by atomic mass is 9.88. The van der Waals surface area contributed by atoms with E-state index < -0.39 is 13.9 Å². The molecule has 1 aliphatic heterocycles. The van der Waals surface area contributed by atoms with Crippen LogP contribution in [0, 0.1) is 0 Å². The molecule has 0 radical (unpaired) electrons. The first-order chi connectivity index (χ1) is 9.35. The number of hydrogen-bond acceptors (Lipinski definition) is 3. The van der Waals surface area contributed by atoms with Gasteiger partial charge in [-0.2, -0.15) is 0 Å². The van der Waals surface area contributed by atoms with Crippen molar-refractivity contribution in [2.24, 2.45) is 0 Å². The van der Waals surface area contributed by atoms with Crippen molar-refractivity contribution in [3.8, 4) is 0 Å². The minimum absolute atomic E-state index is 0.00552. The van der Waals surface area contributed by atoms with E-state index in [2.05, 4.69) is 39.2 Å². The quantitative estimate of drug-likeness (QED) is 0.644. The van der Waals surface area contributed by atoms with Gasteiger partial charge in [0.05, 0.1) is 0 Å². The van der Waals surface area contributed by atoms with Crippen molar-refractivity contribution in [2.75, 3.05) is 0 Å². The summed E-state index contributed by atoms with van der Waals surface area (Å²) in [5.41, 5.74) is -0.775. The van der Waals surface area contributed by atoms with E-state index in [1.165, 1.54) is 4.90 Å². The van der Waals surface area contributed by atoms with Gasteiger partial charge in [-0.25, -0.2) is 4.79 Å². The Bertz CT molecular complexity index is 462. The van der Waals surface area contributed by atoms with Crippen LogP contribution in [0.25, 0.3) is 0 Å². The second kappa shape index (κ2) is 4.81. The second-order valence-corrected chi connectivity index (χ2v) is 13.1. The van der Waals surface area contributed by atoms with Crippen molar-refractivity contribution in [1.82, 2.24) is 10.2 Å². The standard InChI is InChI=1S/C15H28N2O3Si/c1-14(2,3)21(6,7)20-11-8-10(9-11)17-12(18)15(4,5)16-13(17)19/h10-11H,8-9H2,1-7H3,(H,16,19)/t10-,11+. The van der Waals surface area contributed by atoms with Crippen molar-refractivity contribution in [3.05, 3.63) is 0 Å². The molecule has 0 aromatic carbocycles. The van der Waals surface area contributed by atoms with E-state index in [1.807, 2.05) is 0 Å². The molecular weight excluding hydrogens is 284 g/mol. The lowest BCUT2D eigenvalue weighted by Crippen LogP contribution is -2.55. The molecule has 3 amide bonds. The molecule has 120 valence electrons. The average Bonchev–Trinajstić information content (AvgIpc) is 2.41. The molecule has 0 aromatic heterocycles. The summed E-state index contributed by atoms with van der Waals surface area (Å²) in [6.45, 7) is 14.6. The summed E-state index contributed by atoms with van der Waals surface area (Å²) in [5, 5.41) is 2.92. The van der Waals surface area contributed by atoms with Gasteiger partial charge in [0.15, 0.2) is 8.32 Å². The zero-order valence-electron chi connectivity index (χ0n) is 14.2. The SMILES string of the molecule is CC1(C)NC(=O)N([C@H]2C[C@@H](O[Si](C)(C)C(C)(C)C)C2)C1=O. The normalized spacial score (nSPS) is 29.4. The molecule has 0 atom stereocenters. The molecule has 0 aromatic rings. The number of nitrogens with one attached hydrogen (secondary N) is 1. The Morgan fingerprint density at radius 2 is 1.76 bits per heavy atom. The van der Waals surface area contributed by atoms with E-state index in [9.17, 15) is 9.59 Å². The van der Waals surface area contributed by atoms with Crippen LogP contribution in [0.15, 0.2) is 0 Å². The van der Waals surface area contributed by atoms with E-state index >= 15 is 0 Å². The Hall–Kier alpha value is -0.883. The monoisotopic (exact) mass is 312 g/mol. The fraction of sp³-hybridized carbons (Fsp3) is 0.867. The third-order valence-electron chi connectivity index (χ3n) is 5.09. The van der Waals surface area contributed by atoms with Crippen LogP contribution in [0.3, 0.4) is 0 Å². The van der Waals surface area contributed by atoms with Gasteiger partial charge in [-0.3, -0.25) is 9.69 Å². The van der Waals surface area contributed by atoms with Crippen LogP contribution in [0.1, 0.15) is 47.5 Å². The molecule has 0 unspecified atom stereocenters. The molecule has 2 fully saturated rings. The van der Waals surface area contributed by atoms with Crippen LogP contribution in [-0.4, -0.2) is 42.8 Å². The van der Waals surface area contributed by atoms with Gasteiger partial charge < -0.3 is 9.74 Å². The molecule has 0 spiro atoms. The van der Waals surface area contributed by atoms with Gasteiger partial charge in [-0.1, -0.05) is 20.8 Å². The maximum atomic E-state index is 12.2. The van der Waals surface area contributed by atoms with E-state index in [-0.39, 0.29) is 29.1 Å². The number of carbonyl (C=O) groups is 2. The molecule has 21 heavy (non-hydrogen) atoms. The Balaban J connectivity index is 1.93. The van der Waals surface area contributed by atoms with Crippen LogP contribution in [0.4, 0.5) is 4.79 Å². The minimum atomic E-state index is -1.77. The molecule has 1 aliphatic carbocycles. The summed E-state index contributed by atoms with van der Waals surface area (Å²) in [4.78, 5) is 25.6. The van der Waals surface area contributed by atoms with Crippen molar-refractivity contribution in [1.29, 1.82) is 0 Å². The molecule has 1 saturated carbocycles. The number of carbonyl (C=O) groups excluding carboxylic acids is 2. The third-order valence-corrected chi connectivity index (χ3v) is 9.63. The van der Waals surface area contributed by atoms with Crippen LogP contribution >= 0.6 is 0 Å². The number of rotatable bonds is 3. The van der Waals surface area contributed by atoms with Crippen LogP contribution in [0.2, 0.25) is 18.1 Å². The molecule has 1 N–H and O–H groups in total. The number of urea groups is 1. The van der Waals surface area contributed by atoms with E-state index in [0.717, 1.165) is 12.8 Å². The molecule has 6 heteroatoms. The van der Waals surface area contributed by atoms with Crippen molar-refractivity contribution >= 4 is 20.3 Å². The summed E-state index contributed by atoms with van der Waals surface area (Å²) in [6, 6.07) is -0.269. The zero-order chi connectivity index (χ0) is 16.2. The smallest absolute Gasteiger partial charge is 0.325 e. The van der Waals surface area contributed by atoms with Gasteiger partial charge in [-0.15, -0.1) is 0 Å². The zero-order valence-corrected chi connectivity index (χ0v) is 15.2. The number of imide groups is 1. The number of nitrogens with zero attached hydrogens (tertiary/aromatic N) is 1. The van der Waals surface area contributed by atoms with E-state index in [1.54, 1.807) is 13.8 Å². The van der Waals surface area contributed by atoms with E-state index in [0.29, 0.717) is 0 Å². The molecule has 1 heterocycles. The molecular formula is C15H28N2O3Si. The topological polar surface area (TPSA) is 58.6 Å². The molecule has 1 saturated heterocycles. The lowest BCUT2D eigenvalue weighted by Gasteiger charge is -2.46. The summed E-state index contributed by atoms with van der Waals surface area (Å²) in [7, 11) is -1.77.